The van der Waals surface area contributed by atoms with E-state index in [-0.39, 0.29) is 30.6 Å². The minimum atomic E-state index is -2.03. The number of fused-ring (bicyclic) bond motifs is 7. The summed E-state index contributed by atoms with van der Waals surface area (Å²) in [5.41, 5.74) is -4.40. The summed E-state index contributed by atoms with van der Waals surface area (Å²) in [7, 11) is 0. The Labute approximate surface area is 554 Å². The van der Waals surface area contributed by atoms with Crippen LogP contribution in [0.3, 0.4) is 0 Å². The lowest BCUT2D eigenvalue weighted by molar-refractivity contribution is -0.399. The van der Waals surface area contributed by atoms with Gasteiger partial charge in [0.25, 0.3) is 0 Å². The molecule has 6 aliphatic heterocycles. The number of ether oxygens (including phenoxy) is 12. The molecule has 18 N–H and O–H groups in total. The van der Waals surface area contributed by atoms with Gasteiger partial charge in [-0.3, -0.25) is 4.79 Å². The van der Waals surface area contributed by atoms with Gasteiger partial charge in [0.15, 0.2) is 37.6 Å². The molecule has 0 aromatic heterocycles. The van der Waals surface area contributed by atoms with Crippen molar-refractivity contribution in [3.05, 3.63) is 11.6 Å². The monoisotopic (exact) mass is 1380 g/mol. The van der Waals surface area contributed by atoms with Crippen molar-refractivity contribution in [1.82, 2.24) is 0 Å². The number of rotatable bonds is 16. The van der Waals surface area contributed by atoms with E-state index in [9.17, 15) is 96.7 Å². The van der Waals surface area contributed by atoms with Crippen LogP contribution in [-0.4, -0.2) is 321 Å². The van der Waals surface area contributed by atoms with Crippen LogP contribution in [0.4, 0.5) is 0 Å². The van der Waals surface area contributed by atoms with Gasteiger partial charge in [-0.1, -0.05) is 53.2 Å². The molecular formula is C64H102O32. The number of hydrogen-bond donors (Lipinski definition) is 18. The molecule has 6 saturated heterocycles. The number of allylic oxidation sites excluding steroid dienone is 2. The van der Waals surface area contributed by atoms with Gasteiger partial charge in [-0.25, -0.2) is 0 Å². The molecule has 4 saturated carbocycles. The molecule has 5 aliphatic carbocycles. The highest BCUT2D eigenvalue weighted by atomic mass is 16.8. The van der Waals surface area contributed by atoms with Crippen molar-refractivity contribution in [2.75, 3.05) is 33.0 Å². The Kier molecular flexibility index (Phi) is 21.9. The maximum absolute atomic E-state index is 15.5. The van der Waals surface area contributed by atoms with Crippen molar-refractivity contribution in [1.29, 1.82) is 0 Å². The van der Waals surface area contributed by atoms with Gasteiger partial charge in [-0.15, -0.1) is 0 Å². The highest BCUT2D eigenvalue weighted by molar-refractivity contribution is 5.80. The average molecular weight is 1380 g/mol. The quantitative estimate of drug-likeness (QED) is 0.0296. The van der Waals surface area contributed by atoms with Gasteiger partial charge in [0.1, 0.15) is 134 Å². The van der Waals surface area contributed by atoms with Crippen molar-refractivity contribution in [2.24, 2.45) is 50.2 Å². The maximum atomic E-state index is 15.5. The van der Waals surface area contributed by atoms with Crippen LogP contribution in [0.2, 0.25) is 0 Å². The van der Waals surface area contributed by atoms with Crippen molar-refractivity contribution < 1.29 is 158 Å². The van der Waals surface area contributed by atoms with E-state index in [1.807, 2.05) is 0 Å². The molecule has 32 nitrogen and oxygen atoms in total. The van der Waals surface area contributed by atoms with Gasteiger partial charge >= 0.3 is 5.97 Å². The summed E-state index contributed by atoms with van der Waals surface area (Å²) in [6, 6.07) is 0. The van der Waals surface area contributed by atoms with E-state index in [4.69, 9.17) is 56.8 Å². The van der Waals surface area contributed by atoms with Gasteiger partial charge in [0, 0.05) is 0 Å². The van der Waals surface area contributed by atoms with Crippen LogP contribution in [0, 0.1) is 50.2 Å². The number of carbonyl (C=O) groups is 2. The van der Waals surface area contributed by atoms with Crippen molar-refractivity contribution in [3.8, 4) is 0 Å². The fourth-order valence-corrected chi connectivity index (χ4v) is 18.8. The number of aldehydes is 1. The molecule has 10 fully saturated rings. The molecule has 550 valence electrons. The van der Waals surface area contributed by atoms with Gasteiger partial charge in [-0.2, -0.15) is 0 Å². The molecule has 0 spiro atoms. The molecule has 0 amide bonds. The first-order chi connectivity index (χ1) is 45.1. The van der Waals surface area contributed by atoms with Crippen LogP contribution in [0.25, 0.3) is 0 Å². The third-order valence-corrected chi connectivity index (χ3v) is 24.8. The number of hydrogen-bond acceptors (Lipinski definition) is 32. The molecule has 11 rings (SSSR count). The fraction of sp³-hybridized carbons (Fsp3) is 0.938. The van der Waals surface area contributed by atoms with E-state index in [1.165, 1.54) is 6.92 Å². The SMILES string of the molecule is C[C@@H]1O[C@@H](O[C@H]2[C@H](OC(=O)[C@]34CCC(C)(C)C[C@H]3C3=CC[C@@H]5[C@@]6(C)CC[C@H](O[C@@H]7O[C@H](CO)[C@@H](O)[C@H](O[C@@H]8O[C@H](CO)[C@@H](O)[C@H](O)[C@H]8O)[C@H]7O[C@@H]7O[C@H](CO)[C@@H](O)[C@H](O)[C@H]7O)[C@@](C)(C=O)[C@@H]6CC[C@@]5(C)[C@]3(C)C[C@H]4O)OC[C@H](O)[C@@H]2O)[C@H](O)[C@H](O)[C@H]1O[C@@H]1OC[C@@H](O)[C@H](O)[C@H]1O. The van der Waals surface area contributed by atoms with Gasteiger partial charge in [0.2, 0.25) is 6.29 Å². The second kappa shape index (κ2) is 28.1. The second-order valence-electron chi connectivity index (χ2n) is 30.7. The Morgan fingerprint density at radius 1 is 0.510 bits per heavy atom. The number of aliphatic hydroxyl groups excluding tert-OH is 18. The zero-order chi connectivity index (χ0) is 70.0. The van der Waals surface area contributed by atoms with E-state index in [2.05, 4.69) is 40.7 Å². The van der Waals surface area contributed by atoms with E-state index in [0.717, 1.165) is 11.9 Å². The third kappa shape index (κ3) is 12.5. The molecule has 96 heavy (non-hydrogen) atoms. The zero-order valence-electron chi connectivity index (χ0n) is 54.9. The summed E-state index contributed by atoms with van der Waals surface area (Å²) in [5, 5.41) is 197. The highest BCUT2D eigenvalue weighted by Gasteiger charge is 2.73. The number of aliphatic hydroxyl groups is 18. The molecule has 0 aromatic rings. The summed E-state index contributed by atoms with van der Waals surface area (Å²) in [6.07, 6.45) is -44.9. The van der Waals surface area contributed by atoms with Crippen LogP contribution < -0.4 is 0 Å². The standard InChI is InChI=1S/C64H102O32/c1-24-48(92-52-44(80)36(72)27(69)21-85-52)43(79)47(83)53(87-24)94-50-37(73)28(70)22-86-56(50)96-58(84)64-15-14-59(2,3)16-26(64)25-8-9-33-60(4)12-11-35(61(5,23-68)32(60)10-13-62(33,6)63(25,7)17-34(64)71)91-57-51(95-55-46(82)42(78)39(75)30(19-66)89-55)49(40(76)31(20-67)90-57)93-54-45(81)41(77)38(74)29(18-65)88-54/h8,23-24,26-57,65-67,69-83H,9-22H2,1-7H3/t24-,26-,27+,28-,29+,30+,31+,32+,33+,34+,35-,36-,37-,38+,39+,40+,41-,42-,43-,44+,45+,46+,47+,48-,49-,50+,51+,52-,53-,54-,55-,56-,57-,60-,61-,62+,63+,64+/m0/s1. The average Bonchev–Trinajstić information content (AvgIpc) is 0.671. The van der Waals surface area contributed by atoms with E-state index in [1.54, 1.807) is 6.92 Å². The van der Waals surface area contributed by atoms with Crippen molar-refractivity contribution in [3.63, 3.8) is 0 Å². The molecule has 0 unspecified atom stereocenters. The number of carbonyl (C=O) groups excluding carboxylic acids is 2. The molecule has 0 aromatic carbocycles. The topological polar surface area (TPSA) is 509 Å². The van der Waals surface area contributed by atoms with Gasteiger partial charge < -0.3 is 154 Å². The van der Waals surface area contributed by atoms with Crippen molar-refractivity contribution in [2.45, 2.75) is 290 Å². The van der Waals surface area contributed by atoms with Gasteiger partial charge in [-0.05, 0) is 104 Å². The van der Waals surface area contributed by atoms with E-state index in [0.29, 0.717) is 38.5 Å². The predicted molar refractivity (Wildman–Crippen MR) is 316 cm³/mol. The summed E-state index contributed by atoms with van der Waals surface area (Å²) in [6.45, 7) is 10.3. The largest absolute Gasteiger partial charge is 0.432 e. The Hall–Kier alpha value is -2.28. The first-order valence-corrected chi connectivity index (χ1v) is 33.7. The lowest BCUT2D eigenvalue weighted by Gasteiger charge is -2.71. The van der Waals surface area contributed by atoms with Crippen LogP contribution in [0.15, 0.2) is 11.6 Å². The Balaban J connectivity index is 0.848. The summed E-state index contributed by atoms with van der Waals surface area (Å²) in [5.74, 6) is -2.08. The first-order valence-electron chi connectivity index (χ1n) is 33.7. The third-order valence-electron chi connectivity index (χ3n) is 24.8. The predicted octanol–water partition coefficient (Wildman–Crippen LogP) is -5.93. The molecule has 6 heterocycles. The summed E-state index contributed by atoms with van der Waals surface area (Å²) >= 11 is 0. The van der Waals surface area contributed by atoms with Crippen molar-refractivity contribution >= 4 is 12.3 Å². The second-order valence-corrected chi connectivity index (χ2v) is 30.7. The first kappa shape index (κ1) is 74.9. The summed E-state index contributed by atoms with van der Waals surface area (Å²) < 4.78 is 72.2. The van der Waals surface area contributed by atoms with Crippen LogP contribution in [0.1, 0.15) is 106 Å². The fourth-order valence-electron chi connectivity index (χ4n) is 18.8. The zero-order valence-corrected chi connectivity index (χ0v) is 54.9. The molecular weight excluding hydrogens is 1280 g/mol. The minimum absolute atomic E-state index is 0.0881. The lowest BCUT2D eigenvalue weighted by Crippen LogP contribution is -2.69. The van der Waals surface area contributed by atoms with E-state index >= 15 is 4.79 Å². The number of esters is 1. The van der Waals surface area contributed by atoms with E-state index < -0.39 is 262 Å². The smallest absolute Gasteiger partial charge is 0.317 e. The molecule has 0 bridgehead atoms. The molecule has 0 radical (unpaired) electrons. The molecule has 32 heteroatoms. The Bertz CT molecular complexity index is 2730. The highest BCUT2D eigenvalue weighted by Crippen LogP contribution is 2.76. The maximum Gasteiger partial charge on any atom is 0.317 e. The van der Waals surface area contributed by atoms with Crippen LogP contribution >= 0.6 is 0 Å². The van der Waals surface area contributed by atoms with Gasteiger partial charge in [0.05, 0.1) is 56.8 Å². The molecule has 11 aliphatic rings. The lowest BCUT2D eigenvalue weighted by atomic mass is 9.33. The van der Waals surface area contributed by atoms with Crippen LogP contribution in [0.5, 0.6) is 0 Å². The Morgan fingerprint density at radius 2 is 1.03 bits per heavy atom. The van der Waals surface area contributed by atoms with Crippen LogP contribution in [-0.2, 0) is 66.4 Å². The molecule has 38 atom stereocenters. The normalized spacial score (nSPS) is 55.1. The Morgan fingerprint density at radius 3 is 1.64 bits per heavy atom. The summed E-state index contributed by atoms with van der Waals surface area (Å²) in [4.78, 5) is 29.7. The minimum Gasteiger partial charge on any atom is -0.432 e.